The summed E-state index contributed by atoms with van der Waals surface area (Å²) in [6.45, 7) is 1.93. The largest absolute Gasteiger partial charge is 0.469 e. The number of hydrogen-bond acceptors (Lipinski definition) is 4. The maximum atomic E-state index is 12.0. The lowest BCUT2D eigenvalue weighted by molar-refractivity contribution is 0.0934. The molecule has 1 atom stereocenters. The van der Waals surface area contributed by atoms with E-state index in [-0.39, 0.29) is 11.9 Å². The first-order chi connectivity index (χ1) is 9.19. The molecule has 5 heteroatoms. The quantitative estimate of drug-likeness (QED) is 0.862. The molecule has 2 heterocycles. The van der Waals surface area contributed by atoms with Crippen LogP contribution in [0.2, 0.25) is 0 Å². The normalized spacial score (nSPS) is 11.9. The van der Waals surface area contributed by atoms with Gasteiger partial charge in [-0.1, -0.05) is 6.07 Å². The standard InChI is InChI=1S/C14H17N3O2/c1-10(9-11-5-4-8-19-11)16-14(18)12-6-3-7-13(15-2)17-12/h3-8,10H,9H2,1-2H3,(H,15,17)(H,16,18). The average molecular weight is 259 g/mol. The first kappa shape index (κ1) is 13.1. The van der Waals surface area contributed by atoms with Gasteiger partial charge in [-0.3, -0.25) is 4.79 Å². The number of carbonyl (C=O) groups excluding carboxylic acids is 1. The summed E-state index contributed by atoms with van der Waals surface area (Å²) in [6, 6.07) is 9.01. The van der Waals surface area contributed by atoms with Gasteiger partial charge in [0.15, 0.2) is 0 Å². The lowest BCUT2D eigenvalue weighted by Crippen LogP contribution is -2.34. The Kier molecular flexibility index (Phi) is 4.18. The number of hydrogen-bond donors (Lipinski definition) is 2. The molecule has 1 unspecified atom stereocenters. The molecule has 0 bridgehead atoms. The molecule has 2 rings (SSSR count). The van der Waals surface area contributed by atoms with E-state index in [1.54, 1.807) is 25.4 Å². The molecule has 0 aromatic carbocycles. The Morgan fingerprint density at radius 3 is 2.89 bits per heavy atom. The van der Waals surface area contributed by atoms with E-state index in [0.717, 1.165) is 5.76 Å². The zero-order valence-corrected chi connectivity index (χ0v) is 11.0. The Hall–Kier alpha value is -2.30. The first-order valence-electron chi connectivity index (χ1n) is 6.17. The Balaban J connectivity index is 1.96. The number of anilines is 1. The third-order valence-electron chi connectivity index (χ3n) is 2.70. The van der Waals surface area contributed by atoms with E-state index < -0.39 is 0 Å². The molecule has 2 N–H and O–H groups in total. The van der Waals surface area contributed by atoms with Crippen molar-refractivity contribution >= 4 is 11.7 Å². The number of aromatic nitrogens is 1. The van der Waals surface area contributed by atoms with Crippen molar-refractivity contribution in [1.29, 1.82) is 0 Å². The number of carbonyl (C=O) groups is 1. The number of pyridine rings is 1. The van der Waals surface area contributed by atoms with Crippen LogP contribution >= 0.6 is 0 Å². The molecule has 0 aliphatic carbocycles. The van der Waals surface area contributed by atoms with Crippen LogP contribution in [0, 0.1) is 0 Å². The van der Waals surface area contributed by atoms with Crippen LogP contribution in [0.3, 0.4) is 0 Å². The Labute approximate surface area is 112 Å². The second-order valence-corrected chi connectivity index (χ2v) is 4.32. The van der Waals surface area contributed by atoms with Gasteiger partial charge in [-0.25, -0.2) is 4.98 Å². The number of nitrogens with zero attached hydrogens (tertiary/aromatic N) is 1. The van der Waals surface area contributed by atoms with Crippen LogP contribution in [0.4, 0.5) is 5.82 Å². The molecule has 0 saturated carbocycles. The van der Waals surface area contributed by atoms with Gasteiger partial charge >= 0.3 is 0 Å². The molecule has 19 heavy (non-hydrogen) atoms. The van der Waals surface area contributed by atoms with Gasteiger partial charge in [-0.05, 0) is 31.2 Å². The maximum absolute atomic E-state index is 12.0. The Morgan fingerprint density at radius 2 is 2.21 bits per heavy atom. The lowest BCUT2D eigenvalue weighted by atomic mass is 10.2. The van der Waals surface area contributed by atoms with Crippen molar-refractivity contribution in [3.05, 3.63) is 48.0 Å². The van der Waals surface area contributed by atoms with Crippen molar-refractivity contribution in [1.82, 2.24) is 10.3 Å². The summed E-state index contributed by atoms with van der Waals surface area (Å²) >= 11 is 0. The third kappa shape index (κ3) is 3.58. The van der Waals surface area contributed by atoms with Crippen LogP contribution in [0.5, 0.6) is 0 Å². The molecule has 100 valence electrons. The molecular formula is C14H17N3O2. The third-order valence-corrected chi connectivity index (χ3v) is 2.70. The fourth-order valence-electron chi connectivity index (χ4n) is 1.78. The van der Waals surface area contributed by atoms with E-state index in [2.05, 4.69) is 15.6 Å². The predicted octanol–water partition coefficient (Wildman–Crippen LogP) is 2.08. The molecule has 5 nitrogen and oxygen atoms in total. The van der Waals surface area contributed by atoms with Crippen LogP contribution < -0.4 is 10.6 Å². The van der Waals surface area contributed by atoms with Crippen molar-refractivity contribution in [2.24, 2.45) is 0 Å². The van der Waals surface area contributed by atoms with Gasteiger partial charge in [0.2, 0.25) is 0 Å². The van der Waals surface area contributed by atoms with E-state index >= 15 is 0 Å². The van der Waals surface area contributed by atoms with Crippen molar-refractivity contribution in [2.75, 3.05) is 12.4 Å². The molecule has 2 aromatic rings. The monoisotopic (exact) mass is 259 g/mol. The molecule has 0 saturated heterocycles. The minimum absolute atomic E-state index is 0.0151. The van der Waals surface area contributed by atoms with Crippen LogP contribution in [-0.4, -0.2) is 24.0 Å². The van der Waals surface area contributed by atoms with Crippen molar-refractivity contribution in [3.8, 4) is 0 Å². The highest BCUT2D eigenvalue weighted by atomic mass is 16.3. The van der Waals surface area contributed by atoms with Crippen molar-refractivity contribution in [2.45, 2.75) is 19.4 Å². The molecule has 0 spiro atoms. The second-order valence-electron chi connectivity index (χ2n) is 4.32. The molecule has 2 aromatic heterocycles. The minimum atomic E-state index is -0.184. The number of nitrogens with one attached hydrogen (secondary N) is 2. The van der Waals surface area contributed by atoms with Gasteiger partial charge in [0, 0.05) is 19.5 Å². The SMILES string of the molecule is CNc1cccc(C(=O)NC(C)Cc2ccco2)n1. The molecule has 1 amide bonds. The molecule has 0 aliphatic heterocycles. The van der Waals surface area contributed by atoms with Gasteiger partial charge in [0.1, 0.15) is 17.3 Å². The van der Waals surface area contributed by atoms with Gasteiger partial charge in [-0.2, -0.15) is 0 Å². The summed E-state index contributed by atoms with van der Waals surface area (Å²) in [5.41, 5.74) is 0.401. The smallest absolute Gasteiger partial charge is 0.270 e. The van der Waals surface area contributed by atoms with E-state index in [9.17, 15) is 4.79 Å². The zero-order chi connectivity index (χ0) is 13.7. The Morgan fingerprint density at radius 1 is 1.37 bits per heavy atom. The van der Waals surface area contributed by atoms with Gasteiger partial charge < -0.3 is 15.1 Å². The molecule has 0 fully saturated rings. The van der Waals surface area contributed by atoms with E-state index in [1.165, 1.54) is 0 Å². The maximum Gasteiger partial charge on any atom is 0.270 e. The highest BCUT2D eigenvalue weighted by Crippen LogP contribution is 2.06. The van der Waals surface area contributed by atoms with Crippen LogP contribution in [-0.2, 0) is 6.42 Å². The molecule has 0 aliphatic rings. The van der Waals surface area contributed by atoms with Crippen molar-refractivity contribution < 1.29 is 9.21 Å². The van der Waals surface area contributed by atoms with Crippen LogP contribution in [0.1, 0.15) is 23.2 Å². The first-order valence-corrected chi connectivity index (χ1v) is 6.17. The summed E-state index contributed by atoms with van der Waals surface area (Å²) in [5.74, 6) is 1.34. The summed E-state index contributed by atoms with van der Waals surface area (Å²) in [6.07, 6.45) is 2.28. The number of amides is 1. The fourth-order valence-corrected chi connectivity index (χ4v) is 1.78. The molecular weight excluding hydrogens is 242 g/mol. The van der Waals surface area contributed by atoms with E-state index in [4.69, 9.17) is 4.42 Å². The highest BCUT2D eigenvalue weighted by molar-refractivity contribution is 5.92. The number of rotatable bonds is 5. The topological polar surface area (TPSA) is 67.2 Å². The lowest BCUT2D eigenvalue weighted by Gasteiger charge is -2.12. The summed E-state index contributed by atoms with van der Waals surface area (Å²) in [4.78, 5) is 16.2. The fraction of sp³-hybridized carbons (Fsp3) is 0.286. The average Bonchev–Trinajstić information content (AvgIpc) is 2.91. The van der Waals surface area contributed by atoms with Gasteiger partial charge in [0.25, 0.3) is 5.91 Å². The summed E-state index contributed by atoms with van der Waals surface area (Å²) < 4.78 is 5.25. The zero-order valence-electron chi connectivity index (χ0n) is 11.0. The van der Waals surface area contributed by atoms with E-state index in [0.29, 0.717) is 17.9 Å². The van der Waals surface area contributed by atoms with Crippen LogP contribution in [0.25, 0.3) is 0 Å². The summed E-state index contributed by atoms with van der Waals surface area (Å²) in [5, 5.41) is 5.80. The molecule has 0 radical (unpaired) electrons. The van der Waals surface area contributed by atoms with Crippen molar-refractivity contribution in [3.63, 3.8) is 0 Å². The Bertz CT molecular complexity index is 537. The summed E-state index contributed by atoms with van der Waals surface area (Å²) in [7, 11) is 1.77. The van der Waals surface area contributed by atoms with Gasteiger partial charge in [0.05, 0.1) is 6.26 Å². The van der Waals surface area contributed by atoms with Crippen LogP contribution in [0.15, 0.2) is 41.0 Å². The number of furan rings is 1. The minimum Gasteiger partial charge on any atom is -0.469 e. The second kappa shape index (κ2) is 6.04. The van der Waals surface area contributed by atoms with Gasteiger partial charge in [-0.15, -0.1) is 0 Å². The highest BCUT2D eigenvalue weighted by Gasteiger charge is 2.12. The van der Waals surface area contributed by atoms with E-state index in [1.807, 2.05) is 25.1 Å². The predicted molar refractivity (Wildman–Crippen MR) is 73.1 cm³/mol.